The zero-order valence-corrected chi connectivity index (χ0v) is 39.0. The van der Waals surface area contributed by atoms with Gasteiger partial charge in [-0.05, 0) is 30.9 Å². The minimum atomic E-state index is -2.37. The van der Waals surface area contributed by atoms with Crippen molar-refractivity contribution in [3.05, 3.63) is 99.6 Å². The number of hydrogen-bond donors (Lipinski definition) is 8. The summed E-state index contributed by atoms with van der Waals surface area (Å²) in [6.07, 6.45) is -5.29. The maximum Gasteiger partial charge on any atom is 0.246 e. The van der Waals surface area contributed by atoms with E-state index >= 15 is 0 Å². The number of phenols is 2. The molecule has 70 heavy (non-hydrogen) atoms. The van der Waals surface area contributed by atoms with E-state index in [9.17, 15) is 58.8 Å². The van der Waals surface area contributed by atoms with Crippen LogP contribution in [0.4, 0.5) is 0 Å². The molecule has 3 aromatic carbocycles. The summed E-state index contributed by atoms with van der Waals surface area (Å²) < 4.78 is 23.3. The highest BCUT2D eigenvalue weighted by Crippen LogP contribution is 2.53. The van der Waals surface area contributed by atoms with Gasteiger partial charge in [0.2, 0.25) is 29.4 Å². The molecule has 8 atom stereocenters. The fourth-order valence-electron chi connectivity index (χ4n) is 9.27. The molecule has 2 aliphatic carbocycles. The topological polar surface area (TPSA) is 306 Å². The van der Waals surface area contributed by atoms with Crippen molar-refractivity contribution in [2.45, 2.75) is 102 Å². The van der Waals surface area contributed by atoms with Gasteiger partial charge in [0.05, 0.1) is 43.0 Å². The number of ether oxygens (including phenoxy) is 4. The molecule has 4 aliphatic rings. The zero-order chi connectivity index (χ0) is 50.8. The molecular formula is C50H56N4O16. The minimum absolute atomic E-state index is 0.0177. The summed E-state index contributed by atoms with van der Waals surface area (Å²) in [4.78, 5) is 107. The number of amides is 4. The molecule has 0 spiro atoms. The SMILES string of the molecule is C=C(C)C(=O)NCC(=O)NC(Cc1ccccc1)C(=O)NC(CC(C)C)C(=O)NCC(=O)CC1CC(O[C@@H]2CC(O)(C(=O)CO)Cc3c(O)c4c(c(O)c32)C(=O)c2c(OC)cccc2C4=O)OC2OC12. The molecule has 7 unspecified atom stereocenters. The minimum Gasteiger partial charge on any atom is -0.507 e. The van der Waals surface area contributed by atoms with Crippen molar-refractivity contribution in [2.24, 2.45) is 11.8 Å². The van der Waals surface area contributed by atoms with Gasteiger partial charge < -0.3 is 60.6 Å². The summed E-state index contributed by atoms with van der Waals surface area (Å²) in [6, 6.07) is 10.9. The molecule has 7 rings (SSSR count). The number of hydrogen-bond acceptors (Lipinski definition) is 16. The van der Waals surface area contributed by atoms with E-state index in [1.54, 1.807) is 30.3 Å². The second kappa shape index (κ2) is 21.0. The first-order valence-corrected chi connectivity index (χ1v) is 22.8. The van der Waals surface area contributed by atoms with Gasteiger partial charge in [-0.2, -0.15) is 0 Å². The first kappa shape index (κ1) is 51.0. The number of aliphatic hydroxyl groups is 2. The van der Waals surface area contributed by atoms with Gasteiger partial charge in [-0.1, -0.05) is 62.9 Å². The van der Waals surface area contributed by atoms with Crippen LogP contribution in [-0.2, 0) is 55.8 Å². The van der Waals surface area contributed by atoms with Crippen LogP contribution in [0.15, 0.2) is 60.7 Å². The maximum atomic E-state index is 14.0. The van der Waals surface area contributed by atoms with Crippen molar-refractivity contribution < 1.29 is 77.7 Å². The molecule has 2 aliphatic heterocycles. The number of aliphatic hydroxyl groups excluding tert-OH is 1. The van der Waals surface area contributed by atoms with Crippen molar-refractivity contribution in [3.8, 4) is 17.2 Å². The summed E-state index contributed by atoms with van der Waals surface area (Å²) in [5.41, 5.74) is -3.28. The Bertz CT molecular complexity index is 2630. The van der Waals surface area contributed by atoms with Gasteiger partial charge in [-0.25, -0.2) is 0 Å². The van der Waals surface area contributed by atoms with Crippen LogP contribution in [0.2, 0.25) is 0 Å². The van der Waals surface area contributed by atoms with Crippen LogP contribution in [0.1, 0.15) is 101 Å². The Morgan fingerprint density at radius 1 is 0.871 bits per heavy atom. The lowest BCUT2D eigenvalue weighted by atomic mass is 9.72. The predicted octanol–water partition coefficient (Wildman–Crippen LogP) is 1.29. The number of phenolic OH excluding ortho intramolecular Hbond substituents is 2. The monoisotopic (exact) mass is 968 g/mol. The number of ketones is 4. The van der Waals surface area contributed by atoms with Gasteiger partial charge in [-0.3, -0.25) is 38.4 Å². The third-order valence-electron chi connectivity index (χ3n) is 12.8. The summed E-state index contributed by atoms with van der Waals surface area (Å²) in [5.74, 6) is -7.78. The van der Waals surface area contributed by atoms with E-state index in [1.165, 1.54) is 32.2 Å². The van der Waals surface area contributed by atoms with Gasteiger partial charge in [0, 0.05) is 60.3 Å². The Morgan fingerprint density at radius 2 is 1.59 bits per heavy atom. The van der Waals surface area contributed by atoms with E-state index in [0.717, 1.165) is 0 Å². The third kappa shape index (κ3) is 10.8. The number of nitrogens with one attached hydrogen (secondary N) is 4. The summed E-state index contributed by atoms with van der Waals surface area (Å²) >= 11 is 0. The molecule has 20 nitrogen and oxygen atoms in total. The summed E-state index contributed by atoms with van der Waals surface area (Å²) in [7, 11) is 1.30. The second-order valence-corrected chi connectivity index (χ2v) is 18.5. The molecule has 0 bridgehead atoms. The van der Waals surface area contributed by atoms with Gasteiger partial charge in [-0.15, -0.1) is 0 Å². The van der Waals surface area contributed by atoms with Crippen molar-refractivity contribution in [1.82, 2.24) is 21.3 Å². The lowest BCUT2D eigenvalue weighted by Gasteiger charge is -2.40. The van der Waals surface area contributed by atoms with Crippen LogP contribution < -0.4 is 26.0 Å². The quantitative estimate of drug-likeness (QED) is 0.0352. The second-order valence-electron chi connectivity index (χ2n) is 18.5. The fraction of sp³-hybridized carbons (Fsp3) is 0.440. The number of carbonyl (C=O) groups excluding carboxylic acids is 8. The van der Waals surface area contributed by atoms with E-state index in [2.05, 4.69) is 27.8 Å². The number of carbonyl (C=O) groups is 8. The van der Waals surface area contributed by atoms with Gasteiger partial charge in [0.15, 0.2) is 29.9 Å². The number of methoxy groups -OCH3 is 1. The van der Waals surface area contributed by atoms with E-state index < -0.39 is 150 Å². The van der Waals surface area contributed by atoms with Crippen LogP contribution in [0.5, 0.6) is 17.2 Å². The molecule has 3 aromatic rings. The molecule has 0 saturated carbocycles. The number of fused-ring (bicyclic) bond motifs is 4. The highest BCUT2D eigenvalue weighted by atomic mass is 16.8. The molecule has 8 N–H and O–H groups in total. The van der Waals surface area contributed by atoms with Gasteiger partial charge >= 0.3 is 0 Å². The van der Waals surface area contributed by atoms with Gasteiger partial charge in [0.25, 0.3) is 0 Å². The number of aromatic hydroxyl groups is 2. The average Bonchev–Trinajstić information content (AvgIpc) is 4.12. The van der Waals surface area contributed by atoms with Crippen molar-refractivity contribution in [3.63, 3.8) is 0 Å². The Hall–Kier alpha value is -6.84. The third-order valence-corrected chi connectivity index (χ3v) is 12.8. The van der Waals surface area contributed by atoms with Gasteiger partial charge in [0.1, 0.15) is 47.6 Å². The smallest absolute Gasteiger partial charge is 0.246 e. The molecule has 20 heteroatoms. The number of benzene rings is 3. The van der Waals surface area contributed by atoms with Crippen LogP contribution in [-0.4, -0.2) is 130 Å². The Balaban J connectivity index is 1.04. The maximum absolute atomic E-state index is 14.0. The largest absolute Gasteiger partial charge is 0.507 e. The van der Waals surface area contributed by atoms with E-state index in [1.807, 2.05) is 13.8 Å². The Kier molecular flexibility index (Phi) is 15.3. The molecule has 2 fully saturated rings. The summed E-state index contributed by atoms with van der Waals surface area (Å²) in [6.45, 7) is 6.73. The van der Waals surface area contributed by atoms with Crippen LogP contribution in [0.25, 0.3) is 0 Å². The first-order valence-electron chi connectivity index (χ1n) is 22.8. The molecule has 4 amide bonds. The molecule has 0 aromatic heterocycles. The predicted molar refractivity (Wildman–Crippen MR) is 244 cm³/mol. The number of epoxide rings is 1. The van der Waals surface area contributed by atoms with Crippen LogP contribution in [0, 0.1) is 11.8 Å². The lowest BCUT2D eigenvalue weighted by molar-refractivity contribution is -0.219. The molecule has 372 valence electrons. The highest BCUT2D eigenvalue weighted by molar-refractivity contribution is 6.31. The van der Waals surface area contributed by atoms with Crippen molar-refractivity contribution in [1.29, 1.82) is 0 Å². The van der Waals surface area contributed by atoms with E-state index in [4.69, 9.17) is 18.9 Å². The zero-order valence-electron chi connectivity index (χ0n) is 39.0. The molecule has 0 radical (unpaired) electrons. The normalized spacial score (nSPS) is 22.8. The first-order chi connectivity index (χ1) is 33.2. The van der Waals surface area contributed by atoms with Crippen LogP contribution >= 0.6 is 0 Å². The average molecular weight is 969 g/mol. The molecule has 2 heterocycles. The molecule has 2 saturated heterocycles. The Labute approximate surface area is 402 Å². The Morgan fingerprint density at radius 3 is 2.26 bits per heavy atom. The highest BCUT2D eigenvalue weighted by Gasteiger charge is 2.55. The standard InChI is InChI=1S/C50H56N4O16/c1-23(2)14-30(54-48(65)31(15-25-10-7-6-8-11-25)53-35(58)21-52-46(63)24(3)4)47(64)51-20-27(56)16-26-17-36(69-49-45(26)70-49)68-33-19-50(66,34(57)22-55)18-29-38(33)44(62)40-39(42(29)60)41(59)28-12-9-13-32(67-5)37(28)43(40)61/h6-13,23,26,30-31,33,36,45,49,55,60,62,66H,3,14-22H2,1-2,4-5H3,(H,51,64)(H,52,63)(H,53,58)(H,54,65)/t26?,30?,31?,33-,36?,45?,49?,50?/m1/s1. The van der Waals surface area contributed by atoms with E-state index in [-0.39, 0.29) is 65.2 Å². The van der Waals surface area contributed by atoms with Crippen LogP contribution in [0.3, 0.4) is 0 Å². The lowest BCUT2D eigenvalue weighted by Crippen LogP contribution is -2.56. The fourth-order valence-corrected chi connectivity index (χ4v) is 9.27. The van der Waals surface area contributed by atoms with E-state index in [0.29, 0.717) is 5.56 Å². The number of Topliss-reactive ketones (excluding diaryl/α,β-unsaturated/α-hetero) is 2. The van der Waals surface area contributed by atoms with Crippen molar-refractivity contribution in [2.75, 3.05) is 26.8 Å². The number of rotatable bonds is 20. The van der Waals surface area contributed by atoms with Crippen molar-refractivity contribution >= 4 is 46.8 Å². The summed E-state index contributed by atoms with van der Waals surface area (Å²) in [5, 5.41) is 55.4. The molecular weight excluding hydrogens is 913 g/mol.